The van der Waals surface area contributed by atoms with Crippen LogP contribution in [0.5, 0.6) is 0 Å². The number of nitrogens with two attached hydrogens (primary N) is 2. The third kappa shape index (κ3) is 2.23. The van der Waals surface area contributed by atoms with E-state index in [9.17, 15) is 8.42 Å². The molecule has 6 nitrogen and oxygen atoms in total. The van der Waals surface area contributed by atoms with Crippen molar-refractivity contribution in [3.8, 4) is 0 Å². The van der Waals surface area contributed by atoms with Gasteiger partial charge in [0.25, 0.3) is 0 Å². The first-order valence-corrected chi connectivity index (χ1v) is 5.15. The molecule has 0 fully saturated rings. The lowest BCUT2D eigenvalue weighted by molar-refractivity contribution is 0.425. The molecular weight excluding hydrogens is 207 g/mol. The first-order valence-electron chi connectivity index (χ1n) is 3.60. The van der Waals surface area contributed by atoms with Crippen LogP contribution in [0, 0.1) is 0 Å². The Kier molecular flexibility index (Phi) is 2.81. The Hall–Kier alpha value is -1.09. The number of hydrogen-bond acceptors (Lipinski definition) is 5. The average molecular weight is 216 g/mol. The molecule has 0 aromatic heterocycles. The van der Waals surface area contributed by atoms with Crippen LogP contribution in [0.4, 0.5) is 5.69 Å². The molecule has 76 valence electrons. The smallest absolute Gasteiger partial charge is 0.423 e. The molecule has 0 unspecified atom stereocenters. The summed E-state index contributed by atoms with van der Waals surface area (Å²) in [7, 11) is -5.55. The Morgan fingerprint density at radius 1 is 1.29 bits per heavy atom. The maximum Gasteiger partial charge on any atom is 0.488 e. The van der Waals surface area contributed by atoms with Crippen molar-refractivity contribution in [2.45, 2.75) is 4.90 Å². The molecule has 6 N–H and O–H groups in total. The lowest BCUT2D eigenvalue weighted by atomic mass is 9.80. The zero-order valence-corrected chi connectivity index (χ0v) is 7.90. The minimum atomic E-state index is -3.86. The Labute approximate surface area is 81.4 Å². The van der Waals surface area contributed by atoms with Crippen molar-refractivity contribution in [1.29, 1.82) is 0 Å². The third-order valence-corrected chi connectivity index (χ3v) is 2.62. The van der Waals surface area contributed by atoms with Crippen LogP contribution in [-0.2, 0) is 10.0 Å². The summed E-state index contributed by atoms with van der Waals surface area (Å²) in [4.78, 5) is -0.234. The fraction of sp³-hybridized carbons (Fsp3) is 0. The Morgan fingerprint density at radius 3 is 2.21 bits per heavy atom. The molecular formula is C6H9BN2O4S. The van der Waals surface area contributed by atoms with Crippen LogP contribution in [0.2, 0.25) is 0 Å². The third-order valence-electron chi connectivity index (χ3n) is 1.64. The molecule has 0 heterocycles. The minimum absolute atomic E-state index is 0.106. The van der Waals surface area contributed by atoms with E-state index in [4.69, 9.17) is 20.9 Å². The summed E-state index contributed by atoms with van der Waals surface area (Å²) in [5, 5.41) is 22.4. The van der Waals surface area contributed by atoms with Crippen LogP contribution >= 0.6 is 0 Å². The van der Waals surface area contributed by atoms with Gasteiger partial charge in [0.05, 0.1) is 5.69 Å². The zero-order valence-electron chi connectivity index (χ0n) is 7.08. The van der Waals surface area contributed by atoms with Gasteiger partial charge in [-0.1, -0.05) is 6.07 Å². The molecule has 1 aromatic rings. The number of anilines is 1. The summed E-state index contributed by atoms with van der Waals surface area (Å²) in [5.41, 5.74) is 5.36. The van der Waals surface area contributed by atoms with Crippen LogP contribution in [0.25, 0.3) is 0 Å². The standard InChI is InChI=1S/C6H9BN2O4S/c8-5-3-4(7(10)11)1-2-6(5)14(9,12)13/h1-3,10-11H,8H2,(H2,9,12,13). The SMILES string of the molecule is Nc1cc(B(O)O)ccc1S(N)(=O)=O. The normalized spacial score (nSPS) is 11.4. The van der Waals surface area contributed by atoms with Crippen molar-refractivity contribution in [3.63, 3.8) is 0 Å². The summed E-state index contributed by atoms with van der Waals surface area (Å²) in [5.74, 6) is 0. The molecule has 1 aromatic carbocycles. The minimum Gasteiger partial charge on any atom is -0.423 e. The van der Waals surface area contributed by atoms with Gasteiger partial charge in [-0.15, -0.1) is 0 Å². The van der Waals surface area contributed by atoms with E-state index >= 15 is 0 Å². The van der Waals surface area contributed by atoms with Crippen LogP contribution in [0.3, 0.4) is 0 Å². The lowest BCUT2D eigenvalue weighted by Gasteiger charge is -2.05. The number of rotatable bonds is 2. The summed E-state index contributed by atoms with van der Waals surface area (Å²) < 4.78 is 21.8. The summed E-state index contributed by atoms with van der Waals surface area (Å²) in [6, 6.07) is 3.49. The molecule has 0 spiro atoms. The second-order valence-electron chi connectivity index (χ2n) is 2.72. The molecule has 8 heteroatoms. The summed E-state index contributed by atoms with van der Waals surface area (Å²) in [6.07, 6.45) is 0. The Balaban J connectivity index is 3.28. The van der Waals surface area contributed by atoms with Gasteiger partial charge >= 0.3 is 7.12 Å². The van der Waals surface area contributed by atoms with E-state index < -0.39 is 17.1 Å². The van der Waals surface area contributed by atoms with Gasteiger partial charge < -0.3 is 15.8 Å². The highest BCUT2D eigenvalue weighted by Gasteiger charge is 2.16. The van der Waals surface area contributed by atoms with E-state index in [1.165, 1.54) is 6.07 Å². The highest BCUT2D eigenvalue weighted by Crippen LogP contribution is 2.13. The molecule has 1 rings (SSSR count). The van der Waals surface area contributed by atoms with E-state index in [1.54, 1.807) is 0 Å². The highest BCUT2D eigenvalue weighted by atomic mass is 32.2. The van der Waals surface area contributed by atoms with Gasteiger partial charge in [-0.05, 0) is 17.6 Å². The Morgan fingerprint density at radius 2 is 1.86 bits per heavy atom. The molecule has 0 bridgehead atoms. The van der Waals surface area contributed by atoms with Gasteiger partial charge in [0.15, 0.2) is 0 Å². The van der Waals surface area contributed by atoms with Crippen LogP contribution < -0.4 is 16.3 Å². The molecule has 0 aliphatic carbocycles. The van der Waals surface area contributed by atoms with Gasteiger partial charge in [0, 0.05) is 0 Å². The predicted molar refractivity (Wildman–Crippen MR) is 52.1 cm³/mol. The van der Waals surface area contributed by atoms with Crippen molar-refractivity contribution in [1.82, 2.24) is 0 Å². The van der Waals surface area contributed by atoms with Crippen molar-refractivity contribution >= 4 is 28.3 Å². The fourth-order valence-electron chi connectivity index (χ4n) is 0.987. The first kappa shape index (κ1) is 11.0. The maximum atomic E-state index is 10.9. The maximum absolute atomic E-state index is 10.9. The van der Waals surface area contributed by atoms with Gasteiger partial charge in [-0.25, -0.2) is 13.6 Å². The summed E-state index contributed by atoms with van der Waals surface area (Å²) >= 11 is 0. The predicted octanol–water partition coefficient (Wildman–Crippen LogP) is -2.40. The van der Waals surface area contributed by atoms with Crippen molar-refractivity contribution < 1.29 is 18.5 Å². The van der Waals surface area contributed by atoms with E-state index in [0.717, 1.165) is 12.1 Å². The second-order valence-corrected chi connectivity index (χ2v) is 4.25. The number of nitrogen functional groups attached to an aromatic ring is 1. The molecule has 0 saturated carbocycles. The second kappa shape index (κ2) is 3.58. The van der Waals surface area contributed by atoms with Crippen molar-refractivity contribution in [3.05, 3.63) is 18.2 Å². The molecule has 0 aliphatic heterocycles. The molecule has 14 heavy (non-hydrogen) atoms. The largest absolute Gasteiger partial charge is 0.488 e. The number of hydrogen-bond donors (Lipinski definition) is 4. The van der Waals surface area contributed by atoms with E-state index in [-0.39, 0.29) is 16.0 Å². The van der Waals surface area contributed by atoms with Gasteiger partial charge in [0.1, 0.15) is 4.90 Å². The average Bonchev–Trinajstić information content (AvgIpc) is 2.01. The first-order chi connectivity index (χ1) is 6.32. The lowest BCUT2D eigenvalue weighted by Crippen LogP contribution is -2.30. The molecule has 0 amide bonds. The van der Waals surface area contributed by atoms with Gasteiger partial charge in [-0.2, -0.15) is 0 Å². The van der Waals surface area contributed by atoms with Crippen LogP contribution in [0.1, 0.15) is 0 Å². The van der Waals surface area contributed by atoms with E-state index in [2.05, 4.69) is 0 Å². The number of sulfonamides is 1. The van der Waals surface area contributed by atoms with Crippen molar-refractivity contribution in [2.24, 2.45) is 5.14 Å². The fourth-order valence-corrected chi connectivity index (χ4v) is 1.63. The van der Waals surface area contributed by atoms with Gasteiger partial charge in [-0.3, -0.25) is 0 Å². The molecule has 0 atom stereocenters. The quantitative estimate of drug-likeness (QED) is 0.323. The molecule has 0 aliphatic rings. The van der Waals surface area contributed by atoms with Gasteiger partial charge in [0.2, 0.25) is 10.0 Å². The topological polar surface area (TPSA) is 127 Å². The highest BCUT2D eigenvalue weighted by molar-refractivity contribution is 7.89. The summed E-state index contributed by atoms with van der Waals surface area (Å²) in [6.45, 7) is 0. The van der Waals surface area contributed by atoms with E-state index in [0.29, 0.717) is 0 Å². The molecule has 0 radical (unpaired) electrons. The number of primary sulfonamides is 1. The Bertz CT molecular complexity index is 445. The number of benzene rings is 1. The van der Waals surface area contributed by atoms with Crippen LogP contribution in [-0.4, -0.2) is 25.6 Å². The zero-order chi connectivity index (χ0) is 10.9. The van der Waals surface area contributed by atoms with Crippen molar-refractivity contribution in [2.75, 3.05) is 5.73 Å². The monoisotopic (exact) mass is 216 g/mol. The molecule has 0 saturated heterocycles. The van der Waals surface area contributed by atoms with Crippen LogP contribution in [0.15, 0.2) is 23.1 Å². The van der Waals surface area contributed by atoms with E-state index in [1.807, 2.05) is 0 Å².